The van der Waals surface area contributed by atoms with Gasteiger partial charge in [-0.2, -0.15) is 13.7 Å². The number of carbonyl (C=O) groups is 1. The summed E-state index contributed by atoms with van der Waals surface area (Å²) in [5.41, 5.74) is 1.59. The van der Waals surface area contributed by atoms with Crippen molar-refractivity contribution < 1.29 is 17.1 Å². The molecule has 1 unspecified atom stereocenters. The van der Waals surface area contributed by atoms with Crippen LogP contribution in [-0.2, 0) is 27.9 Å². The molecule has 2 aliphatic rings. The Bertz CT molecular complexity index is 779. The van der Waals surface area contributed by atoms with Gasteiger partial charge in [-0.15, -0.1) is 15.2 Å². The number of aryl methyl sites for hydroxylation is 1. The number of halogens is 1. The van der Waals surface area contributed by atoms with Gasteiger partial charge in [-0.1, -0.05) is 6.42 Å². The van der Waals surface area contributed by atoms with Gasteiger partial charge in [-0.25, -0.2) is 0 Å². The van der Waals surface area contributed by atoms with Gasteiger partial charge in [0.15, 0.2) is 0 Å². The maximum absolute atomic E-state index is 12.9. The van der Waals surface area contributed by atoms with Crippen LogP contribution in [0.25, 0.3) is 0 Å². The first-order valence-electron chi connectivity index (χ1n) is 7.66. The van der Waals surface area contributed by atoms with Crippen LogP contribution in [0.1, 0.15) is 41.7 Å². The zero-order valence-corrected chi connectivity index (χ0v) is 14.2. The Balaban J connectivity index is 1.90. The topological polar surface area (TPSA) is 78.2 Å². The standard InChI is InChI=1S/C15H17FN2O3S2/c16-23(20,21)9-10-6-14(19)18(8-10)15-12(7-17)11-4-2-1-3-5-13(11)22-15/h10H,1-6,8-9H2. The lowest BCUT2D eigenvalue weighted by Gasteiger charge is -2.15. The number of anilines is 1. The van der Waals surface area contributed by atoms with Crippen LogP contribution in [0.4, 0.5) is 8.89 Å². The molecule has 1 aliphatic carbocycles. The minimum absolute atomic E-state index is 0.0105. The molecule has 2 heterocycles. The van der Waals surface area contributed by atoms with E-state index in [4.69, 9.17) is 0 Å². The number of fused-ring (bicyclic) bond motifs is 1. The van der Waals surface area contributed by atoms with E-state index in [2.05, 4.69) is 6.07 Å². The molecule has 5 nitrogen and oxygen atoms in total. The molecule has 1 aliphatic heterocycles. The number of thiophene rings is 1. The summed E-state index contributed by atoms with van der Waals surface area (Å²) in [5, 5.41) is 10.1. The molecule has 8 heteroatoms. The van der Waals surface area contributed by atoms with Crippen molar-refractivity contribution in [3.8, 4) is 6.07 Å². The fraction of sp³-hybridized carbons (Fsp3) is 0.600. The highest BCUT2D eigenvalue weighted by Gasteiger charge is 2.36. The van der Waals surface area contributed by atoms with Gasteiger partial charge in [-0.05, 0) is 31.2 Å². The molecule has 0 spiro atoms. The SMILES string of the molecule is N#Cc1c(N2CC(CS(=O)(=O)F)CC2=O)sc2c1CCCCC2. The van der Waals surface area contributed by atoms with E-state index in [0.717, 1.165) is 42.5 Å². The Morgan fingerprint density at radius 1 is 1.30 bits per heavy atom. The first-order valence-corrected chi connectivity index (χ1v) is 10.0. The van der Waals surface area contributed by atoms with Crippen molar-refractivity contribution in [2.75, 3.05) is 17.2 Å². The first kappa shape index (κ1) is 16.4. The quantitative estimate of drug-likeness (QED) is 0.616. The minimum Gasteiger partial charge on any atom is -0.302 e. The average molecular weight is 356 g/mol. The number of carbonyl (C=O) groups excluding carboxylic acids is 1. The van der Waals surface area contributed by atoms with Gasteiger partial charge in [0.2, 0.25) is 5.91 Å². The molecule has 1 fully saturated rings. The molecule has 0 aromatic carbocycles. The Labute approximate surface area is 138 Å². The summed E-state index contributed by atoms with van der Waals surface area (Å²) in [5.74, 6) is -1.42. The fourth-order valence-electron chi connectivity index (χ4n) is 3.40. The number of hydrogen-bond donors (Lipinski definition) is 0. The van der Waals surface area contributed by atoms with Gasteiger partial charge in [0.1, 0.15) is 11.1 Å². The van der Waals surface area contributed by atoms with Crippen molar-refractivity contribution in [2.45, 2.75) is 38.5 Å². The average Bonchev–Trinajstić information content (AvgIpc) is 2.88. The highest BCUT2D eigenvalue weighted by atomic mass is 32.3. The lowest BCUT2D eigenvalue weighted by atomic mass is 10.1. The van der Waals surface area contributed by atoms with E-state index in [-0.39, 0.29) is 18.9 Å². The molecular weight excluding hydrogens is 339 g/mol. The largest absolute Gasteiger partial charge is 0.302 e. The number of nitriles is 1. The van der Waals surface area contributed by atoms with Crippen LogP contribution in [0.5, 0.6) is 0 Å². The molecule has 1 aromatic rings. The van der Waals surface area contributed by atoms with E-state index in [1.807, 2.05) is 0 Å². The van der Waals surface area contributed by atoms with Crippen molar-refractivity contribution in [3.05, 3.63) is 16.0 Å². The highest BCUT2D eigenvalue weighted by molar-refractivity contribution is 7.86. The summed E-state index contributed by atoms with van der Waals surface area (Å²) in [6, 6.07) is 2.22. The van der Waals surface area contributed by atoms with Crippen LogP contribution in [0.3, 0.4) is 0 Å². The van der Waals surface area contributed by atoms with Gasteiger partial charge in [0.05, 0.1) is 11.3 Å². The van der Waals surface area contributed by atoms with Gasteiger partial charge in [0, 0.05) is 23.8 Å². The molecule has 1 aromatic heterocycles. The van der Waals surface area contributed by atoms with Crippen molar-refractivity contribution in [2.24, 2.45) is 5.92 Å². The highest BCUT2D eigenvalue weighted by Crippen LogP contribution is 2.41. The van der Waals surface area contributed by atoms with Crippen molar-refractivity contribution in [3.63, 3.8) is 0 Å². The van der Waals surface area contributed by atoms with Crippen molar-refractivity contribution >= 4 is 32.5 Å². The Hall–Kier alpha value is -1.46. The lowest BCUT2D eigenvalue weighted by molar-refractivity contribution is -0.117. The Morgan fingerprint density at radius 2 is 2.04 bits per heavy atom. The van der Waals surface area contributed by atoms with Crippen LogP contribution < -0.4 is 4.90 Å². The molecule has 0 radical (unpaired) electrons. The summed E-state index contributed by atoms with van der Waals surface area (Å²) in [7, 11) is -4.60. The second kappa shape index (κ2) is 6.21. The third-order valence-corrected chi connectivity index (χ3v) is 6.58. The van der Waals surface area contributed by atoms with Crippen LogP contribution in [0.15, 0.2) is 0 Å². The molecule has 0 bridgehead atoms. The first-order chi connectivity index (χ1) is 10.9. The number of nitrogens with zero attached hydrogens (tertiary/aromatic N) is 2. The van der Waals surface area contributed by atoms with Crippen LogP contribution in [-0.4, -0.2) is 26.6 Å². The lowest BCUT2D eigenvalue weighted by Crippen LogP contribution is -2.25. The zero-order chi connectivity index (χ0) is 16.6. The van der Waals surface area contributed by atoms with E-state index in [9.17, 15) is 22.4 Å². The van der Waals surface area contributed by atoms with E-state index >= 15 is 0 Å². The minimum atomic E-state index is -4.60. The predicted molar refractivity (Wildman–Crippen MR) is 85.6 cm³/mol. The number of rotatable bonds is 3. The summed E-state index contributed by atoms with van der Waals surface area (Å²) >= 11 is 1.46. The summed E-state index contributed by atoms with van der Waals surface area (Å²) in [6.45, 7) is 0.163. The summed E-state index contributed by atoms with van der Waals surface area (Å²) in [6.07, 6.45) is 5.03. The Kier molecular flexibility index (Phi) is 4.43. The van der Waals surface area contributed by atoms with Crippen LogP contribution in [0, 0.1) is 17.2 Å². The van der Waals surface area contributed by atoms with E-state index < -0.39 is 21.9 Å². The zero-order valence-electron chi connectivity index (χ0n) is 12.5. The second-order valence-corrected chi connectivity index (χ2v) is 8.63. The van der Waals surface area contributed by atoms with Crippen LogP contribution >= 0.6 is 11.3 Å². The van der Waals surface area contributed by atoms with Gasteiger partial charge in [-0.3, -0.25) is 4.79 Å². The van der Waals surface area contributed by atoms with Gasteiger partial charge < -0.3 is 4.90 Å². The summed E-state index contributed by atoms with van der Waals surface area (Å²) < 4.78 is 34.5. The number of amides is 1. The smallest absolute Gasteiger partial charge is 0.302 e. The summed E-state index contributed by atoms with van der Waals surface area (Å²) in [4.78, 5) is 14.9. The molecule has 3 rings (SSSR count). The molecule has 1 atom stereocenters. The van der Waals surface area contributed by atoms with E-state index in [1.165, 1.54) is 16.2 Å². The predicted octanol–water partition coefficient (Wildman–Crippen LogP) is 2.54. The van der Waals surface area contributed by atoms with Crippen molar-refractivity contribution in [1.82, 2.24) is 0 Å². The third kappa shape index (κ3) is 3.40. The molecule has 0 saturated carbocycles. The van der Waals surface area contributed by atoms with Gasteiger partial charge >= 0.3 is 10.2 Å². The monoisotopic (exact) mass is 356 g/mol. The third-order valence-electron chi connectivity index (χ3n) is 4.40. The van der Waals surface area contributed by atoms with Crippen LogP contribution in [0.2, 0.25) is 0 Å². The van der Waals surface area contributed by atoms with Gasteiger partial charge in [0.25, 0.3) is 0 Å². The molecule has 23 heavy (non-hydrogen) atoms. The maximum atomic E-state index is 12.9. The molecule has 124 valence electrons. The fourth-order valence-corrected chi connectivity index (χ4v) is 5.56. The normalized spacial score (nSPS) is 21.8. The van der Waals surface area contributed by atoms with E-state index in [0.29, 0.717) is 10.6 Å². The second-order valence-electron chi connectivity index (χ2n) is 6.14. The molecular formula is C15H17FN2O3S2. The number of hydrogen-bond acceptors (Lipinski definition) is 5. The van der Waals surface area contributed by atoms with Crippen molar-refractivity contribution in [1.29, 1.82) is 5.26 Å². The molecule has 0 N–H and O–H groups in total. The molecule has 1 amide bonds. The molecule has 1 saturated heterocycles. The van der Waals surface area contributed by atoms with E-state index in [1.54, 1.807) is 0 Å². The Morgan fingerprint density at radius 3 is 2.74 bits per heavy atom. The maximum Gasteiger partial charge on any atom is 0.302 e.